The van der Waals surface area contributed by atoms with Gasteiger partial charge in [-0.15, -0.1) is 0 Å². The van der Waals surface area contributed by atoms with E-state index >= 15 is 0 Å². The van der Waals surface area contributed by atoms with Crippen molar-refractivity contribution in [1.82, 2.24) is 14.9 Å². The summed E-state index contributed by atoms with van der Waals surface area (Å²) in [6.45, 7) is 2.97. The molecule has 0 radical (unpaired) electrons. The topological polar surface area (TPSA) is 78.5 Å². The van der Waals surface area contributed by atoms with E-state index in [4.69, 9.17) is 0 Å². The number of likely N-dealkylation sites (tertiary alicyclic amines) is 1. The maximum absolute atomic E-state index is 12.3. The molecule has 1 amide bonds. The fraction of sp³-hybridized carbons (Fsp3) is 0.300. The molecule has 37 heavy (non-hydrogen) atoms. The molecule has 1 aliphatic heterocycles. The average Bonchev–Trinajstić information content (AvgIpc) is 3.69. The van der Waals surface area contributed by atoms with Crippen LogP contribution in [-0.2, 0) is 21.4 Å². The summed E-state index contributed by atoms with van der Waals surface area (Å²) in [4.78, 5) is 14.8. The van der Waals surface area contributed by atoms with Crippen LogP contribution in [0.5, 0.6) is 0 Å². The molecule has 0 unspecified atom stereocenters. The van der Waals surface area contributed by atoms with Gasteiger partial charge in [0.15, 0.2) is 0 Å². The molecule has 1 heterocycles. The molecule has 3 aromatic carbocycles. The third-order valence-electron chi connectivity index (χ3n) is 7.13. The monoisotopic (exact) mass is 515 g/mol. The first-order valence-corrected chi connectivity index (χ1v) is 14.4. The molecule has 1 aliphatic carbocycles. The van der Waals surface area contributed by atoms with Crippen LogP contribution in [0.3, 0.4) is 0 Å². The number of benzene rings is 3. The van der Waals surface area contributed by atoms with E-state index in [2.05, 4.69) is 57.4 Å². The van der Waals surface area contributed by atoms with Gasteiger partial charge >= 0.3 is 0 Å². The first-order valence-electron chi connectivity index (χ1n) is 12.9. The van der Waals surface area contributed by atoms with Gasteiger partial charge in [0.05, 0.1) is 4.90 Å². The van der Waals surface area contributed by atoms with E-state index in [1.165, 1.54) is 35.8 Å². The summed E-state index contributed by atoms with van der Waals surface area (Å²) in [7, 11) is -3.88. The maximum Gasteiger partial charge on any atom is 0.264 e. The number of hydrogen-bond acceptors (Lipinski definition) is 5. The van der Waals surface area contributed by atoms with Gasteiger partial charge in [-0.25, -0.2) is 13.1 Å². The zero-order valence-electron chi connectivity index (χ0n) is 20.8. The van der Waals surface area contributed by atoms with Crippen molar-refractivity contribution in [2.75, 3.05) is 13.1 Å². The highest BCUT2D eigenvalue weighted by atomic mass is 32.2. The third-order valence-corrected chi connectivity index (χ3v) is 8.49. The summed E-state index contributed by atoms with van der Waals surface area (Å²) in [6.07, 6.45) is 6.44. The lowest BCUT2D eigenvalue weighted by Gasteiger charge is -2.32. The Kier molecular flexibility index (Phi) is 7.84. The van der Waals surface area contributed by atoms with Gasteiger partial charge in [-0.05, 0) is 67.3 Å². The van der Waals surface area contributed by atoms with Gasteiger partial charge in [0.1, 0.15) is 0 Å². The van der Waals surface area contributed by atoms with Crippen molar-refractivity contribution in [2.45, 2.75) is 48.7 Å². The second kappa shape index (κ2) is 11.4. The Bertz CT molecular complexity index is 1330. The van der Waals surface area contributed by atoms with Crippen molar-refractivity contribution in [1.29, 1.82) is 0 Å². The van der Waals surface area contributed by atoms with Gasteiger partial charge in [-0.2, -0.15) is 0 Å². The molecule has 6 nitrogen and oxygen atoms in total. The Morgan fingerprint density at radius 2 is 1.62 bits per heavy atom. The van der Waals surface area contributed by atoms with Crippen LogP contribution < -0.4 is 10.0 Å². The highest BCUT2D eigenvalue weighted by molar-refractivity contribution is 7.90. The summed E-state index contributed by atoms with van der Waals surface area (Å²) in [5, 5.41) is 3.87. The molecule has 192 valence electrons. The van der Waals surface area contributed by atoms with Crippen LogP contribution in [0.25, 0.3) is 6.08 Å². The van der Waals surface area contributed by atoms with Gasteiger partial charge in [-0.1, -0.05) is 72.8 Å². The molecule has 2 atom stereocenters. The number of nitrogens with one attached hydrogen (secondary N) is 2. The molecule has 2 fully saturated rings. The summed E-state index contributed by atoms with van der Waals surface area (Å²) in [5.41, 5.74) is 3.49. The van der Waals surface area contributed by atoms with Crippen molar-refractivity contribution in [2.24, 2.45) is 0 Å². The summed E-state index contributed by atoms with van der Waals surface area (Å²) in [6, 6.07) is 27.9. The van der Waals surface area contributed by atoms with Crippen LogP contribution in [0.2, 0.25) is 0 Å². The fourth-order valence-corrected chi connectivity index (χ4v) is 6.02. The molecule has 2 aliphatic rings. The molecular weight excluding hydrogens is 482 g/mol. The third kappa shape index (κ3) is 6.95. The standard InChI is InChI=1S/C30H33N3O3S/c34-30(32-37(35,36)27-12-5-2-6-13-27)15-14-23-8-7-9-24(20-23)22-33-18-16-26(17-19-33)31-29-21-28(29)25-10-3-1-4-11-25/h1-15,20,26,28-29,31H,16-19,21-22H2,(H,32,34)/t28-,29+/m0/s1. The molecule has 1 saturated carbocycles. The first-order chi connectivity index (χ1) is 18.0. The lowest BCUT2D eigenvalue weighted by Crippen LogP contribution is -2.43. The number of piperidine rings is 1. The minimum atomic E-state index is -3.88. The van der Waals surface area contributed by atoms with E-state index in [1.54, 1.807) is 24.3 Å². The smallest absolute Gasteiger partial charge is 0.264 e. The van der Waals surface area contributed by atoms with Crippen LogP contribution in [0.4, 0.5) is 0 Å². The summed E-state index contributed by atoms with van der Waals surface area (Å²) < 4.78 is 26.7. The number of rotatable bonds is 9. The molecule has 1 saturated heterocycles. The predicted molar refractivity (Wildman–Crippen MR) is 146 cm³/mol. The molecule has 0 bridgehead atoms. The van der Waals surface area contributed by atoms with Crippen LogP contribution >= 0.6 is 0 Å². The maximum atomic E-state index is 12.3. The number of carbonyl (C=O) groups excluding carboxylic acids is 1. The Balaban J connectivity index is 1.08. The Morgan fingerprint density at radius 1 is 0.919 bits per heavy atom. The number of amides is 1. The number of sulfonamides is 1. The number of hydrogen-bond donors (Lipinski definition) is 2. The van der Waals surface area contributed by atoms with Crippen molar-refractivity contribution < 1.29 is 13.2 Å². The summed E-state index contributed by atoms with van der Waals surface area (Å²) >= 11 is 0. The molecule has 2 N–H and O–H groups in total. The SMILES string of the molecule is O=C(C=Cc1cccc(CN2CCC(N[C@@H]3C[C@H]3c3ccccc3)CC2)c1)NS(=O)(=O)c1ccccc1. The first kappa shape index (κ1) is 25.4. The van der Waals surface area contributed by atoms with E-state index in [-0.39, 0.29) is 4.90 Å². The van der Waals surface area contributed by atoms with E-state index < -0.39 is 15.9 Å². The van der Waals surface area contributed by atoms with Crippen LogP contribution in [0.15, 0.2) is 95.9 Å². The van der Waals surface area contributed by atoms with Crippen molar-refractivity contribution in [3.63, 3.8) is 0 Å². The lowest BCUT2D eigenvalue weighted by atomic mass is 10.0. The number of carbonyl (C=O) groups is 1. The van der Waals surface area contributed by atoms with Crippen molar-refractivity contribution in [3.05, 3.63) is 108 Å². The second-order valence-electron chi connectivity index (χ2n) is 9.94. The minimum Gasteiger partial charge on any atom is -0.311 e. The van der Waals surface area contributed by atoms with Crippen molar-refractivity contribution in [3.8, 4) is 0 Å². The van der Waals surface area contributed by atoms with Crippen LogP contribution in [-0.4, -0.2) is 44.4 Å². The molecule has 5 rings (SSSR count). The minimum absolute atomic E-state index is 0.0610. The normalized spacial score (nSPS) is 20.6. The van der Waals surface area contributed by atoms with E-state index in [1.807, 2.05) is 12.1 Å². The highest BCUT2D eigenvalue weighted by Crippen LogP contribution is 2.41. The van der Waals surface area contributed by atoms with Crippen LogP contribution in [0, 0.1) is 0 Å². The quantitative estimate of drug-likeness (QED) is 0.415. The lowest BCUT2D eigenvalue weighted by molar-refractivity contribution is -0.114. The molecule has 0 aromatic heterocycles. The van der Waals surface area contributed by atoms with Gasteiger partial charge in [0.2, 0.25) is 0 Å². The van der Waals surface area contributed by atoms with Gasteiger partial charge in [0.25, 0.3) is 15.9 Å². The van der Waals surface area contributed by atoms with E-state index in [9.17, 15) is 13.2 Å². The van der Waals surface area contributed by atoms with E-state index in [0.717, 1.165) is 38.0 Å². The highest BCUT2D eigenvalue weighted by Gasteiger charge is 2.39. The van der Waals surface area contributed by atoms with Gasteiger partial charge in [0, 0.05) is 30.6 Å². The molecule has 7 heteroatoms. The molecular formula is C30H33N3O3S. The average molecular weight is 516 g/mol. The Labute approximate surface area is 219 Å². The van der Waals surface area contributed by atoms with Crippen molar-refractivity contribution >= 4 is 22.0 Å². The largest absolute Gasteiger partial charge is 0.311 e. The van der Waals surface area contributed by atoms with Gasteiger partial charge < -0.3 is 5.32 Å². The van der Waals surface area contributed by atoms with Crippen LogP contribution in [0.1, 0.15) is 41.9 Å². The molecule has 3 aromatic rings. The van der Waals surface area contributed by atoms with Gasteiger partial charge in [-0.3, -0.25) is 9.69 Å². The zero-order valence-corrected chi connectivity index (χ0v) is 21.6. The Morgan fingerprint density at radius 3 is 2.35 bits per heavy atom. The van der Waals surface area contributed by atoms with E-state index in [0.29, 0.717) is 18.0 Å². The summed E-state index contributed by atoms with van der Waals surface area (Å²) in [5.74, 6) is -0.00968. The Hall–Kier alpha value is -3.26. The predicted octanol–water partition coefficient (Wildman–Crippen LogP) is 4.32. The number of nitrogens with zero attached hydrogens (tertiary/aromatic N) is 1. The zero-order chi connectivity index (χ0) is 25.7. The molecule has 0 spiro atoms. The second-order valence-corrected chi connectivity index (χ2v) is 11.6. The fourth-order valence-electron chi connectivity index (χ4n) is 5.06.